The smallest absolute Gasteiger partial charge is 0.475 e. The number of nitrogens with zero attached hydrogens (tertiary/aromatic N) is 3. The number of halogens is 3. The molecule has 0 spiro atoms. The average Bonchev–Trinajstić information content (AvgIpc) is 2.52. The fourth-order valence-electron chi connectivity index (χ4n) is 0.803. The van der Waals surface area contributed by atoms with Crippen LogP contribution >= 0.6 is 0 Å². The number of hydrogen-bond acceptors (Lipinski definition) is 3. The van der Waals surface area contributed by atoms with Crippen LogP contribution in [0, 0.1) is 5.41 Å². The number of rotatable bonds is 1. The average molecular weight is 253 g/mol. The van der Waals surface area contributed by atoms with Crippen LogP contribution in [-0.2, 0) is 11.3 Å². The standard InChI is InChI=1S/C7H13N3.C2HF3O2/c1-7(2,3)6-10-5-4-8-9-10;3-2(4,5)1(6)7/h4-5H,6H2,1-3H3;(H,6,7). The summed E-state index contributed by atoms with van der Waals surface area (Å²) in [5.74, 6) is -2.76. The molecule has 0 aliphatic heterocycles. The molecule has 1 aromatic rings. The first-order chi connectivity index (χ1) is 7.52. The summed E-state index contributed by atoms with van der Waals surface area (Å²) < 4.78 is 33.6. The van der Waals surface area contributed by atoms with Crippen LogP contribution in [0.25, 0.3) is 0 Å². The van der Waals surface area contributed by atoms with Gasteiger partial charge >= 0.3 is 12.1 Å². The van der Waals surface area contributed by atoms with Gasteiger partial charge in [-0.05, 0) is 5.41 Å². The Morgan fingerprint density at radius 1 is 1.35 bits per heavy atom. The third kappa shape index (κ3) is 8.23. The highest BCUT2D eigenvalue weighted by molar-refractivity contribution is 5.73. The number of aromatic nitrogens is 3. The van der Waals surface area contributed by atoms with Gasteiger partial charge in [0.15, 0.2) is 0 Å². The molecule has 0 saturated heterocycles. The van der Waals surface area contributed by atoms with Crippen molar-refractivity contribution in [1.29, 1.82) is 0 Å². The van der Waals surface area contributed by atoms with Crippen molar-refractivity contribution in [2.75, 3.05) is 0 Å². The predicted molar refractivity (Wildman–Crippen MR) is 53.2 cm³/mol. The maximum atomic E-state index is 10.6. The maximum Gasteiger partial charge on any atom is 0.490 e. The Balaban J connectivity index is 0.000000325. The van der Waals surface area contributed by atoms with Crippen LogP contribution < -0.4 is 0 Å². The molecule has 5 nitrogen and oxygen atoms in total. The molecular formula is C9H14F3N3O2. The molecule has 17 heavy (non-hydrogen) atoms. The summed E-state index contributed by atoms with van der Waals surface area (Å²) in [6.45, 7) is 7.45. The Morgan fingerprint density at radius 2 is 1.82 bits per heavy atom. The van der Waals surface area contributed by atoms with Gasteiger partial charge in [0, 0.05) is 12.7 Å². The maximum absolute atomic E-state index is 10.6. The molecule has 1 N–H and O–H groups in total. The fourth-order valence-corrected chi connectivity index (χ4v) is 0.803. The van der Waals surface area contributed by atoms with Crippen LogP contribution in [0.3, 0.4) is 0 Å². The Labute approximate surface area is 96.2 Å². The lowest BCUT2D eigenvalue weighted by atomic mass is 9.97. The van der Waals surface area contributed by atoms with Crippen LogP contribution in [0.5, 0.6) is 0 Å². The lowest BCUT2D eigenvalue weighted by molar-refractivity contribution is -0.192. The van der Waals surface area contributed by atoms with Gasteiger partial charge in [-0.2, -0.15) is 13.2 Å². The summed E-state index contributed by atoms with van der Waals surface area (Å²) in [5.41, 5.74) is 0.285. The van der Waals surface area contributed by atoms with Crippen molar-refractivity contribution in [2.45, 2.75) is 33.5 Å². The minimum atomic E-state index is -5.08. The molecule has 98 valence electrons. The SMILES string of the molecule is CC(C)(C)Cn1ccnn1.O=C(O)C(F)(F)F. The van der Waals surface area contributed by atoms with Gasteiger partial charge < -0.3 is 5.11 Å². The first kappa shape index (κ1) is 15.4. The number of carboxylic acid groups (broad SMARTS) is 1. The van der Waals surface area contributed by atoms with E-state index in [2.05, 4.69) is 31.1 Å². The summed E-state index contributed by atoms with van der Waals surface area (Å²) in [5, 5.41) is 14.7. The van der Waals surface area contributed by atoms with Gasteiger partial charge in [-0.3, -0.25) is 4.68 Å². The molecule has 1 aromatic heterocycles. The van der Waals surface area contributed by atoms with Gasteiger partial charge in [-0.25, -0.2) is 4.79 Å². The van der Waals surface area contributed by atoms with E-state index in [-0.39, 0.29) is 5.41 Å². The quantitative estimate of drug-likeness (QED) is 0.830. The summed E-state index contributed by atoms with van der Waals surface area (Å²) in [6.07, 6.45) is -1.50. The molecule has 1 heterocycles. The van der Waals surface area contributed by atoms with Crippen LogP contribution in [0.15, 0.2) is 12.4 Å². The third-order valence-electron chi connectivity index (χ3n) is 1.35. The second-order valence-corrected chi connectivity index (χ2v) is 4.46. The highest BCUT2D eigenvalue weighted by Gasteiger charge is 2.38. The van der Waals surface area contributed by atoms with E-state index in [0.29, 0.717) is 0 Å². The third-order valence-corrected chi connectivity index (χ3v) is 1.35. The van der Waals surface area contributed by atoms with E-state index in [0.717, 1.165) is 6.54 Å². The largest absolute Gasteiger partial charge is 0.490 e. The first-order valence-electron chi connectivity index (χ1n) is 4.66. The summed E-state index contributed by atoms with van der Waals surface area (Å²) in [4.78, 5) is 8.90. The molecule has 8 heteroatoms. The van der Waals surface area contributed by atoms with Gasteiger partial charge in [0.05, 0.1) is 6.20 Å². The van der Waals surface area contributed by atoms with Crippen LogP contribution in [0.2, 0.25) is 0 Å². The first-order valence-corrected chi connectivity index (χ1v) is 4.66. The zero-order valence-corrected chi connectivity index (χ0v) is 9.69. The Bertz CT molecular complexity index is 341. The highest BCUT2D eigenvalue weighted by Crippen LogP contribution is 2.14. The normalized spacial score (nSPS) is 11.6. The Morgan fingerprint density at radius 3 is 2.06 bits per heavy atom. The monoisotopic (exact) mass is 253 g/mol. The van der Waals surface area contributed by atoms with E-state index in [1.165, 1.54) is 0 Å². The second-order valence-electron chi connectivity index (χ2n) is 4.46. The highest BCUT2D eigenvalue weighted by atomic mass is 19.4. The van der Waals surface area contributed by atoms with Crippen LogP contribution in [0.4, 0.5) is 13.2 Å². The van der Waals surface area contributed by atoms with Crippen molar-refractivity contribution < 1.29 is 23.1 Å². The van der Waals surface area contributed by atoms with Crippen molar-refractivity contribution in [2.24, 2.45) is 5.41 Å². The van der Waals surface area contributed by atoms with Gasteiger partial charge in [-0.1, -0.05) is 26.0 Å². The number of carbonyl (C=O) groups is 1. The molecule has 0 bridgehead atoms. The molecule has 0 aromatic carbocycles. The summed E-state index contributed by atoms with van der Waals surface area (Å²) >= 11 is 0. The van der Waals surface area contributed by atoms with Crippen LogP contribution in [0.1, 0.15) is 20.8 Å². The van der Waals surface area contributed by atoms with Gasteiger partial charge in [0.25, 0.3) is 0 Å². The predicted octanol–water partition coefficient (Wildman–Crippen LogP) is 1.96. The van der Waals surface area contributed by atoms with Crippen molar-refractivity contribution in [3.63, 3.8) is 0 Å². The Kier molecular flexibility index (Phi) is 5.11. The number of hydrogen-bond donors (Lipinski definition) is 1. The number of aliphatic carboxylic acids is 1. The van der Waals surface area contributed by atoms with E-state index in [1.54, 1.807) is 6.20 Å². The second kappa shape index (κ2) is 5.65. The summed E-state index contributed by atoms with van der Waals surface area (Å²) in [6, 6.07) is 0. The number of carboxylic acids is 1. The van der Waals surface area contributed by atoms with Crippen molar-refractivity contribution in [3.8, 4) is 0 Å². The van der Waals surface area contributed by atoms with Crippen molar-refractivity contribution in [1.82, 2.24) is 15.0 Å². The molecule has 0 atom stereocenters. The molecule has 0 aliphatic rings. The van der Waals surface area contributed by atoms with Crippen molar-refractivity contribution >= 4 is 5.97 Å². The molecule has 0 fully saturated rings. The van der Waals surface area contributed by atoms with E-state index in [4.69, 9.17) is 9.90 Å². The van der Waals surface area contributed by atoms with Crippen molar-refractivity contribution in [3.05, 3.63) is 12.4 Å². The molecule has 0 amide bonds. The topological polar surface area (TPSA) is 68.0 Å². The summed E-state index contributed by atoms with van der Waals surface area (Å²) in [7, 11) is 0. The fraction of sp³-hybridized carbons (Fsp3) is 0.667. The molecule has 0 radical (unpaired) electrons. The van der Waals surface area contributed by atoms with Gasteiger partial charge in [0.1, 0.15) is 0 Å². The molecule has 0 saturated carbocycles. The lowest BCUT2D eigenvalue weighted by Gasteiger charge is -2.16. The van der Waals surface area contributed by atoms with E-state index in [9.17, 15) is 13.2 Å². The minimum Gasteiger partial charge on any atom is -0.475 e. The molecule has 0 unspecified atom stereocenters. The van der Waals surface area contributed by atoms with E-state index < -0.39 is 12.1 Å². The zero-order valence-electron chi connectivity index (χ0n) is 9.69. The molecule has 0 aliphatic carbocycles. The van der Waals surface area contributed by atoms with Gasteiger partial charge in [-0.15, -0.1) is 5.10 Å². The Hall–Kier alpha value is -1.60. The van der Waals surface area contributed by atoms with Crippen LogP contribution in [-0.4, -0.2) is 32.2 Å². The number of alkyl halides is 3. The lowest BCUT2D eigenvalue weighted by Crippen LogP contribution is -2.21. The zero-order chi connectivity index (χ0) is 13.7. The molecular weight excluding hydrogens is 239 g/mol. The van der Waals surface area contributed by atoms with Gasteiger partial charge in [0.2, 0.25) is 0 Å². The molecule has 1 rings (SSSR count). The van der Waals surface area contributed by atoms with E-state index >= 15 is 0 Å². The minimum absolute atomic E-state index is 0.285. The van der Waals surface area contributed by atoms with E-state index in [1.807, 2.05) is 10.9 Å².